The Morgan fingerprint density at radius 2 is 2.25 bits per heavy atom. The lowest BCUT2D eigenvalue weighted by molar-refractivity contribution is 0.565. The highest BCUT2D eigenvalue weighted by Crippen LogP contribution is 2.19. The molecule has 0 aromatic carbocycles. The Labute approximate surface area is 107 Å². The van der Waals surface area contributed by atoms with Gasteiger partial charge in [0.2, 0.25) is 0 Å². The molecule has 1 unspecified atom stereocenters. The zero-order valence-corrected chi connectivity index (χ0v) is 12.0. The second kappa shape index (κ2) is 6.52. The van der Waals surface area contributed by atoms with E-state index < -0.39 is 0 Å². The van der Waals surface area contributed by atoms with Gasteiger partial charge in [0.15, 0.2) is 0 Å². The Balaban J connectivity index is 2.48. The van der Waals surface area contributed by atoms with Gasteiger partial charge in [-0.3, -0.25) is 4.68 Å². The lowest BCUT2D eigenvalue weighted by Crippen LogP contribution is -2.28. The Bertz CT molecular complexity index is 338. The summed E-state index contributed by atoms with van der Waals surface area (Å²) in [6, 6.07) is 0.497. The number of nitrogens with zero attached hydrogens (tertiary/aromatic N) is 2. The lowest BCUT2D eigenvalue weighted by atomic mass is 10.3. The first-order valence-corrected chi connectivity index (χ1v) is 7.08. The molecule has 0 radical (unpaired) electrons. The largest absolute Gasteiger partial charge is 0.308 e. The first-order valence-electron chi connectivity index (χ1n) is 5.55. The molecular formula is C11H20ClN3S. The van der Waals surface area contributed by atoms with Crippen molar-refractivity contribution in [3.8, 4) is 0 Å². The Kier molecular flexibility index (Phi) is 5.66. The molecule has 0 saturated carbocycles. The minimum Gasteiger partial charge on any atom is -0.308 e. The number of hydrogen-bond acceptors (Lipinski definition) is 3. The minimum atomic E-state index is 0.497. The van der Waals surface area contributed by atoms with E-state index in [9.17, 15) is 0 Å². The van der Waals surface area contributed by atoms with Crippen LogP contribution < -0.4 is 5.32 Å². The summed E-state index contributed by atoms with van der Waals surface area (Å²) in [5.74, 6) is 2.29. The molecule has 1 aromatic rings. The molecule has 1 heterocycles. The molecule has 0 saturated heterocycles. The van der Waals surface area contributed by atoms with Crippen molar-refractivity contribution < 1.29 is 0 Å². The molecule has 16 heavy (non-hydrogen) atoms. The number of aryl methyl sites for hydroxylation is 2. The molecule has 3 nitrogen and oxygen atoms in total. The van der Waals surface area contributed by atoms with Crippen molar-refractivity contribution >= 4 is 23.4 Å². The van der Waals surface area contributed by atoms with Gasteiger partial charge in [-0.25, -0.2) is 0 Å². The Morgan fingerprint density at radius 3 is 2.75 bits per heavy atom. The fraction of sp³-hybridized carbons (Fsp3) is 0.727. The standard InChI is InChI=1S/C11H20ClN3S/c1-5-16-7-8(2)13-6-10-11(12)9(3)14-15(10)4/h8,13H,5-7H2,1-4H3. The first-order chi connectivity index (χ1) is 7.56. The third kappa shape index (κ3) is 3.68. The van der Waals surface area contributed by atoms with Crippen LogP contribution in [0.15, 0.2) is 0 Å². The average molecular weight is 262 g/mol. The SMILES string of the molecule is CCSCC(C)NCc1c(Cl)c(C)nn1C. The van der Waals surface area contributed by atoms with Crippen molar-refractivity contribution in [2.45, 2.75) is 33.4 Å². The zero-order chi connectivity index (χ0) is 12.1. The summed E-state index contributed by atoms with van der Waals surface area (Å²) in [6.07, 6.45) is 0. The number of rotatable bonds is 6. The van der Waals surface area contributed by atoms with Crippen LogP contribution in [0.5, 0.6) is 0 Å². The highest BCUT2D eigenvalue weighted by atomic mass is 35.5. The molecule has 0 aliphatic heterocycles. The highest BCUT2D eigenvalue weighted by Gasteiger charge is 2.11. The van der Waals surface area contributed by atoms with Crippen LogP contribution >= 0.6 is 23.4 Å². The van der Waals surface area contributed by atoms with E-state index in [2.05, 4.69) is 24.3 Å². The minimum absolute atomic E-state index is 0.497. The maximum absolute atomic E-state index is 6.17. The summed E-state index contributed by atoms with van der Waals surface area (Å²) < 4.78 is 1.85. The molecular weight excluding hydrogens is 242 g/mol. The lowest BCUT2D eigenvalue weighted by Gasteiger charge is -2.13. The summed E-state index contributed by atoms with van der Waals surface area (Å²) in [7, 11) is 1.93. The van der Waals surface area contributed by atoms with Crippen LogP contribution in [0, 0.1) is 6.92 Å². The van der Waals surface area contributed by atoms with Crippen molar-refractivity contribution in [3.63, 3.8) is 0 Å². The normalized spacial score (nSPS) is 13.1. The summed E-state index contributed by atoms with van der Waals surface area (Å²) in [6.45, 7) is 7.09. The molecule has 1 N–H and O–H groups in total. The van der Waals surface area contributed by atoms with Crippen molar-refractivity contribution in [1.29, 1.82) is 0 Å². The summed E-state index contributed by atoms with van der Waals surface area (Å²) in [4.78, 5) is 0. The Hall–Kier alpha value is -0.190. The zero-order valence-electron chi connectivity index (χ0n) is 10.4. The van der Waals surface area contributed by atoms with Crippen LogP contribution in [-0.4, -0.2) is 27.3 Å². The topological polar surface area (TPSA) is 29.9 Å². The van der Waals surface area contributed by atoms with E-state index in [1.165, 1.54) is 0 Å². The molecule has 92 valence electrons. The van der Waals surface area contributed by atoms with Crippen molar-refractivity contribution in [2.24, 2.45) is 7.05 Å². The van der Waals surface area contributed by atoms with Gasteiger partial charge in [0.05, 0.1) is 16.4 Å². The van der Waals surface area contributed by atoms with Crippen LogP contribution in [0.1, 0.15) is 25.2 Å². The van der Waals surface area contributed by atoms with Crippen LogP contribution in [-0.2, 0) is 13.6 Å². The molecule has 1 rings (SSSR count). The smallest absolute Gasteiger partial charge is 0.0860 e. The number of thioether (sulfide) groups is 1. The van der Waals surface area contributed by atoms with E-state index >= 15 is 0 Å². The number of nitrogens with one attached hydrogen (secondary N) is 1. The third-order valence-electron chi connectivity index (χ3n) is 2.45. The summed E-state index contributed by atoms with van der Waals surface area (Å²) in [5, 5.41) is 8.54. The summed E-state index contributed by atoms with van der Waals surface area (Å²) in [5.41, 5.74) is 1.96. The molecule has 0 amide bonds. The predicted molar refractivity (Wildman–Crippen MR) is 72.3 cm³/mol. The van der Waals surface area contributed by atoms with Crippen LogP contribution in [0.2, 0.25) is 5.02 Å². The second-order valence-electron chi connectivity index (χ2n) is 3.91. The van der Waals surface area contributed by atoms with Crippen LogP contribution in [0.4, 0.5) is 0 Å². The van der Waals surface area contributed by atoms with Gasteiger partial charge in [0, 0.05) is 25.4 Å². The van der Waals surface area contributed by atoms with Crippen molar-refractivity contribution in [1.82, 2.24) is 15.1 Å². The molecule has 0 spiro atoms. The van der Waals surface area contributed by atoms with Gasteiger partial charge in [0.25, 0.3) is 0 Å². The maximum Gasteiger partial charge on any atom is 0.0860 e. The van der Waals surface area contributed by atoms with Gasteiger partial charge in [-0.15, -0.1) is 0 Å². The molecule has 1 aromatic heterocycles. The predicted octanol–water partition coefficient (Wildman–Crippen LogP) is 2.61. The van der Waals surface area contributed by atoms with E-state index in [-0.39, 0.29) is 0 Å². The van der Waals surface area contributed by atoms with Gasteiger partial charge < -0.3 is 5.32 Å². The summed E-state index contributed by atoms with van der Waals surface area (Å²) >= 11 is 8.12. The van der Waals surface area contributed by atoms with Crippen LogP contribution in [0.25, 0.3) is 0 Å². The van der Waals surface area contributed by atoms with Gasteiger partial charge in [0.1, 0.15) is 0 Å². The fourth-order valence-corrected chi connectivity index (χ4v) is 2.43. The van der Waals surface area contributed by atoms with Gasteiger partial charge in [-0.1, -0.05) is 18.5 Å². The van der Waals surface area contributed by atoms with E-state index in [1.54, 1.807) is 0 Å². The number of halogens is 1. The molecule has 1 atom stereocenters. The van der Waals surface area contributed by atoms with Crippen LogP contribution in [0.3, 0.4) is 0 Å². The van der Waals surface area contributed by atoms with Crippen molar-refractivity contribution in [2.75, 3.05) is 11.5 Å². The Morgan fingerprint density at radius 1 is 1.56 bits per heavy atom. The third-order valence-corrected chi connectivity index (χ3v) is 4.09. The highest BCUT2D eigenvalue weighted by molar-refractivity contribution is 7.99. The molecule has 0 aliphatic carbocycles. The molecule has 0 aliphatic rings. The quantitative estimate of drug-likeness (QED) is 0.854. The van der Waals surface area contributed by atoms with Gasteiger partial charge >= 0.3 is 0 Å². The fourth-order valence-electron chi connectivity index (χ4n) is 1.50. The molecule has 5 heteroatoms. The molecule has 0 bridgehead atoms. The van der Waals surface area contributed by atoms with E-state index in [0.717, 1.165) is 34.5 Å². The van der Waals surface area contributed by atoms with E-state index in [4.69, 9.17) is 11.6 Å². The van der Waals surface area contributed by atoms with Gasteiger partial charge in [-0.2, -0.15) is 16.9 Å². The monoisotopic (exact) mass is 261 g/mol. The number of aromatic nitrogens is 2. The first kappa shape index (κ1) is 13.9. The van der Waals surface area contributed by atoms with Crippen molar-refractivity contribution in [3.05, 3.63) is 16.4 Å². The second-order valence-corrected chi connectivity index (χ2v) is 5.61. The number of hydrogen-bond donors (Lipinski definition) is 1. The maximum atomic E-state index is 6.17. The molecule has 0 fully saturated rings. The average Bonchev–Trinajstić information content (AvgIpc) is 2.48. The van der Waals surface area contributed by atoms with Gasteiger partial charge in [-0.05, 0) is 19.6 Å². The van der Waals surface area contributed by atoms with E-state index in [1.807, 2.05) is 30.4 Å². The van der Waals surface area contributed by atoms with E-state index in [0.29, 0.717) is 6.04 Å².